The number of fused-ring (bicyclic) bond motifs is 1. The van der Waals surface area contributed by atoms with Crippen molar-refractivity contribution in [2.75, 3.05) is 7.11 Å². The first-order valence-electron chi connectivity index (χ1n) is 4.57. The van der Waals surface area contributed by atoms with Gasteiger partial charge in [-0.1, -0.05) is 11.6 Å². The van der Waals surface area contributed by atoms with E-state index in [-0.39, 0.29) is 39.3 Å². The molecule has 0 aromatic carbocycles. The number of aromatic nitrogens is 1. The zero-order chi connectivity index (χ0) is 11.9. The van der Waals surface area contributed by atoms with Crippen LogP contribution >= 0.6 is 11.6 Å². The Morgan fingerprint density at radius 1 is 1.25 bits per heavy atom. The standard InChI is InChI=1S/C11H8ClNO3/c1-5-9(14)8-6(3-4-7(12)13-8)10(15)11(5)16-2/h3-4H,1-2H3. The minimum Gasteiger partial charge on any atom is -0.492 e. The van der Waals surface area contributed by atoms with Crippen LogP contribution < -0.4 is 0 Å². The molecule has 0 radical (unpaired) electrons. The number of pyridine rings is 1. The van der Waals surface area contributed by atoms with Crippen LogP contribution in [-0.2, 0) is 4.74 Å². The largest absolute Gasteiger partial charge is 0.492 e. The molecule has 1 aromatic heterocycles. The highest BCUT2D eigenvalue weighted by molar-refractivity contribution is 6.31. The zero-order valence-corrected chi connectivity index (χ0v) is 9.46. The highest BCUT2D eigenvalue weighted by atomic mass is 35.5. The van der Waals surface area contributed by atoms with Gasteiger partial charge in [-0.25, -0.2) is 4.98 Å². The van der Waals surface area contributed by atoms with E-state index in [4.69, 9.17) is 16.3 Å². The molecule has 0 aliphatic heterocycles. The van der Waals surface area contributed by atoms with Crippen LogP contribution in [0, 0.1) is 0 Å². The highest BCUT2D eigenvalue weighted by Gasteiger charge is 2.32. The van der Waals surface area contributed by atoms with Gasteiger partial charge in [0.1, 0.15) is 10.8 Å². The maximum absolute atomic E-state index is 11.9. The van der Waals surface area contributed by atoms with Crippen LogP contribution in [0.4, 0.5) is 0 Å². The molecular formula is C11H8ClNO3. The first-order chi connectivity index (χ1) is 7.56. The Balaban J connectivity index is 2.69. The monoisotopic (exact) mass is 237 g/mol. The number of rotatable bonds is 1. The van der Waals surface area contributed by atoms with Crippen LogP contribution in [0.25, 0.3) is 0 Å². The third kappa shape index (κ3) is 1.42. The molecule has 0 saturated carbocycles. The van der Waals surface area contributed by atoms with Gasteiger partial charge in [0.2, 0.25) is 11.6 Å². The topological polar surface area (TPSA) is 56.3 Å². The smallest absolute Gasteiger partial charge is 0.230 e. The molecule has 16 heavy (non-hydrogen) atoms. The predicted octanol–water partition coefficient (Wildman–Crippen LogP) is 2.03. The normalized spacial score (nSPS) is 15.2. The van der Waals surface area contributed by atoms with Crippen LogP contribution in [0.5, 0.6) is 0 Å². The Kier molecular flexibility index (Phi) is 2.52. The lowest BCUT2D eigenvalue weighted by atomic mass is 9.93. The van der Waals surface area contributed by atoms with Gasteiger partial charge in [0.25, 0.3) is 0 Å². The molecule has 4 nitrogen and oxygen atoms in total. The number of ether oxygens (including phenoxy) is 1. The van der Waals surface area contributed by atoms with Gasteiger partial charge in [0.15, 0.2) is 5.76 Å². The molecule has 0 spiro atoms. The van der Waals surface area contributed by atoms with Crippen molar-refractivity contribution >= 4 is 23.2 Å². The summed E-state index contributed by atoms with van der Waals surface area (Å²) >= 11 is 5.69. The Labute approximate surface area is 96.9 Å². The van der Waals surface area contributed by atoms with Crippen LogP contribution in [0.3, 0.4) is 0 Å². The van der Waals surface area contributed by atoms with Gasteiger partial charge >= 0.3 is 0 Å². The van der Waals surface area contributed by atoms with E-state index in [0.717, 1.165) is 0 Å². The second-order valence-corrected chi connectivity index (χ2v) is 3.73. The van der Waals surface area contributed by atoms with Crippen molar-refractivity contribution in [1.82, 2.24) is 4.98 Å². The zero-order valence-electron chi connectivity index (χ0n) is 8.70. The Hall–Kier alpha value is -1.68. The maximum atomic E-state index is 11.9. The van der Waals surface area contributed by atoms with Gasteiger partial charge in [-0.2, -0.15) is 0 Å². The van der Waals surface area contributed by atoms with Crippen molar-refractivity contribution in [1.29, 1.82) is 0 Å². The fourth-order valence-electron chi connectivity index (χ4n) is 1.61. The first-order valence-corrected chi connectivity index (χ1v) is 4.95. The summed E-state index contributed by atoms with van der Waals surface area (Å²) in [5.41, 5.74) is 0.586. The van der Waals surface area contributed by atoms with Gasteiger partial charge in [0, 0.05) is 5.57 Å². The van der Waals surface area contributed by atoms with Crippen LogP contribution in [-0.4, -0.2) is 23.7 Å². The average Bonchev–Trinajstić information content (AvgIpc) is 2.27. The van der Waals surface area contributed by atoms with Gasteiger partial charge in [0.05, 0.1) is 12.7 Å². The first kappa shape index (κ1) is 10.8. The van der Waals surface area contributed by atoms with E-state index in [1.54, 1.807) is 0 Å². The van der Waals surface area contributed by atoms with Crippen molar-refractivity contribution in [3.63, 3.8) is 0 Å². The number of nitrogens with zero attached hydrogens (tertiary/aromatic N) is 1. The van der Waals surface area contributed by atoms with E-state index in [0.29, 0.717) is 0 Å². The van der Waals surface area contributed by atoms with Crippen molar-refractivity contribution in [2.24, 2.45) is 0 Å². The highest BCUT2D eigenvalue weighted by Crippen LogP contribution is 2.26. The molecule has 82 valence electrons. The number of carbonyl (C=O) groups is 2. The maximum Gasteiger partial charge on any atom is 0.230 e. The SMILES string of the molecule is COC1=C(C)C(=O)c2nc(Cl)ccc2C1=O. The summed E-state index contributed by atoms with van der Waals surface area (Å²) in [4.78, 5) is 27.6. The fraction of sp³-hybridized carbons (Fsp3) is 0.182. The summed E-state index contributed by atoms with van der Waals surface area (Å²) in [5, 5.41) is 0.188. The van der Waals surface area contributed by atoms with Crippen molar-refractivity contribution in [3.05, 3.63) is 39.9 Å². The number of ketones is 2. The summed E-state index contributed by atoms with van der Waals surface area (Å²) in [7, 11) is 1.36. The molecule has 0 N–H and O–H groups in total. The van der Waals surface area contributed by atoms with E-state index >= 15 is 0 Å². The van der Waals surface area contributed by atoms with E-state index in [1.165, 1.54) is 26.2 Å². The quantitative estimate of drug-likeness (QED) is 0.702. The van der Waals surface area contributed by atoms with Gasteiger partial charge in [-0.3, -0.25) is 9.59 Å². The molecule has 0 unspecified atom stereocenters. The molecule has 0 atom stereocenters. The molecule has 0 amide bonds. The summed E-state index contributed by atoms with van der Waals surface area (Å²) in [6.07, 6.45) is 0. The van der Waals surface area contributed by atoms with Gasteiger partial charge in [-0.15, -0.1) is 0 Å². The molecule has 2 rings (SSSR count). The number of hydrogen-bond acceptors (Lipinski definition) is 4. The predicted molar refractivity (Wildman–Crippen MR) is 57.6 cm³/mol. The molecule has 0 saturated heterocycles. The summed E-state index contributed by atoms with van der Waals surface area (Å²) in [6.45, 7) is 1.53. The number of methoxy groups -OCH3 is 1. The van der Waals surface area contributed by atoms with E-state index < -0.39 is 0 Å². The van der Waals surface area contributed by atoms with Gasteiger partial charge in [-0.05, 0) is 19.1 Å². The molecule has 1 aliphatic rings. The van der Waals surface area contributed by atoms with Crippen LogP contribution in [0.1, 0.15) is 27.8 Å². The second kappa shape index (κ2) is 3.72. The lowest BCUT2D eigenvalue weighted by Crippen LogP contribution is -2.23. The van der Waals surface area contributed by atoms with E-state index in [2.05, 4.69) is 4.98 Å². The molecule has 1 heterocycles. The number of Topliss-reactive ketones (excluding diaryl/α,β-unsaturated/α-hetero) is 2. The lowest BCUT2D eigenvalue weighted by Gasteiger charge is -2.16. The van der Waals surface area contributed by atoms with Crippen molar-refractivity contribution in [3.8, 4) is 0 Å². The van der Waals surface area contributed by atoms with Crippen molar-refractivity contribution < 1.29 is 14.3 Å². The van der Waals surface area contributed by atoms with Crippen molar-refractivity contribution in [2.45, 2.75) is 6.92 Å². The third-order valence-corrected chi connectivity index (χ3v) is 2.62. The lowest BCUT2D eigenvalue weighted by molar-refractivity contribution is 0.0903. The molecule has 0 bridgehead atoms. The molecule has 1 aromatic rings. The summed E-state index contributed by atoms with van der Waals surface area (Å²) < 4.78 is 4.92. The van der Waals surface area contributed by atoms with Gasteiger partial charge < -0.3 is 4.74 Å². The summed E-state index contributed by atoms with van der Waals surface area (Å²) in [6, 6.07) is 2.95. The number of halogens is 1. The average molecular weight is 238 g/mol. The Morgan fingerprint density at radius 2 is 1.94 bits per heavy atom. The minimum absolute atomic E-state index is 0.0709. The Bertz CT molecular complexity index is 534. The molecule has 1 aliphatic carbocycles. The van der Waals surface area contributed by atoms with Crippen LogP contribution in [0.2, 0.25) is 5.15 Å². The molecule has 0 fully saturated rings. The summed E-state index contributed by atoms with van der Waals surface area (Å²) in [5.74, 6) is -0.589. The second-order valence-electron chi connectivity index (χ2n) is 3.35. The minimum atomic E-state index is -0.334. The number of carbonyl (C=O) groups excluding carboxylic acids is 2. The third-order valence-electron chi connectivity index (χ3n) is 2.41. The fourth-order valence-corrected chi connectivity index (χ4v) is 1.76. The van der Waals surface area contributed by atoms with Crippen LogP contribution in [0.15, 0.2) is 23.5 Å². The Morgan fingerprint density at radius 3 is 2.56 bits per heavy atom. The van der Waals surface area contributed by atoms with E-state index in [1.807, 2.05) is 0 Å². The van der Waals surface area contributed by atoms with E-state index in [9.17, 15) is 9.59 Å². The molecule has 5 heteroatoms. The molecular weight excluding hydrogens is 230 g/mol. The number of hydrogen-bond donors (Lipinski definition) is 0. The number of allylic oxidation sites excluding steroid dienone is 2.